The zero-order valence-corrected chi connectivity index (χ0v) is 9.01. The van der Waals surface area contributed by atoms with Crippen LogP contribution in [0.15, 0.2) is 23.9 Å². The highest BCUT2D eigenvalue weighted by atomic mass is 16.4. The fourth-order valence-electron chi connectivity index (χ4n) is 1.47. The van der Waals surface area contributed by atoms with E-state index in [0.717, 1.165) is 17.7 Å². The summed E-state index contributed by atoms with van der Waals surface area (Å²) in [5.41, 5.74) is 0.559. The molecule has 0 spiro atoms. The first-order chi connectivity index (χ1) is 7.57. The molecular weight excluding hydrogens is 206 g/mol. The normalized spacial score (nSPS) is 15.9. The maximum Gasteiger partial charge on any atom is 0.326 e. The Hall–Kier alpha value is -2.02. The van der Waals surface area contributed by atoms with E-state index in [9.17, 15) is 9.59 Å². The van der Waals surface area contributed by atoms with Crippen LogP contribution in [-0.4, -0.2) is 27.9 Å². The van der Waals surface area contributed by atoms with Crippen molar-refractivity contribution in [2.24, 2.45) is 0 Å². The van der Waals surface area contributed by atoms with Gasteiger partial charge < -0.3 is 5.11 Å². The molecule has 0 aromatic rings. The lowest BCUT2D eigenvalue weighted by atomic mass is 10.1. The lowest BCUT2D eigenvalue weighted by Crippen LogP contribution is -2.41. The third kappa shape index (κ3) is 2.51. The lowest BCUT2D eigenvalue weighted by molar-refractivity contribution is -0.145. The molecule has 1 atom stereocenters. The molecule has 0 radical (unpaired) electrons. The number of terminal acetylenes is 1. The third-order valence-corrected chi connectivity index (χ3v) is 2.34. The van der Waals surface area contributed by atoms with Gasteiger partial charge in [0.25, 0.3) is 0 Å². The molecule has 0 aromatic heterocycles. The molecule has 0 fully saturated rings. The van der Waals surface area contributed by atoms with Gasteiger partial charge in [0.05, 0.1) is 0 Å². The van der Waals surface area contributed by atoms with Crippen molar-refractivity contribution in [1.29, 1.82) is 0 Å². The second-order valence-corrected chi connectivity index (χ2v) is 3.44. The fraction of sp³-hybridized carbons (Fsp3) is 0.333. The quantitative estimate of drug-likeness (QED) is 0.724. The number of carboxylic acid groups (broad SMARTS) is 1. The third-order valence-electron chi connectivity index (χ3n) is 2.34. The minimum absolute atomic E-state index is 0.559. The van der Waals surface area contributed by atoms with Crippen LogP contribution < -0.4 is 0 Å². The standard InChI is InChI=1S/C12H13NO3/c1-3-11(14)13(9(2)12(15)16)10-7-5-4-6-8-10/h1,5,7-9H,4,6H2,2H3,(H,15,16)/t9-/m0/s1. The first kappa shape index (κ1) is 12.1. The van der Waals surface area contributed by atoms with Crippen molar-refractivity contribution in [2.75, 3.05) is 0 Å². The summed E-state index contributed by atoms with van der Waals surface area (Å²) in [6, 6.07) is -0.961. The molecule has 84 valence electrons. The summed E-state index contributed by atoms with van der Waals surface area (Å²) in [5.74, 6) is 0.235. The predicted octanol–water partition coefficient (Wildman–Crippen LogP) is 1.16. The SMILES string of the molecule is C#CC(=O)N(C1=CCCC=C1)[C@@H](C)C(=O)O. The Kier molecular flexibility index (Phi) is 3.90. The van der Waals surface area contributed by atoms with Crippen molar-refractivity contribution in [3.05, 3.63) is 23.9 Å². The van der Waals surface area contributed by atoms with Gasteiger partial charge in [-0.2, -0.15) is 0 Å². The van der Waals surface area contributed by atoms with E-state index in [1.165, 1.54) is 6.92 Å². The number of carbonyl (C=O) groups excluding carboxylic acids is 1. The number of amides is 1. The number of carboxylic acids is 1. The summed E-state index contributed by atoms with van der Waals surface area (Å²) in [6.45, 7) is 1.43. The van der Waals surface area contributed by atoms with Crippen LogP contribution in [0.25, 0.3) is 0 Å². The average molecular weight is 219 g/mol. The van der Waals surface area contributed by atoms with Crippen molar-refractivity contribution in [1.82, 2.24) is 4.90 Å². The van der Waals surface area contributed by atoms with Gasteiger partial charge in [-0.25, -0.2) is 4.79 Å². The van der Waals surface area contributed by atoms with Gasteiger partial charge in [-0.05, 0) is 31.8 Å². The highest BCUT2D eigenvalue weighted by molar-refractivity contribution is 5.97. The minimum Gasteiger partial charge on any atom is -0.480 e. The van der Waals surface area contributed by atoms with Crippen molar-refractivity contribution in [2.45, 2.75) is 25.8 Å². The van der Waals surface area contributed by atoms with Crippen molar-refractivity contribution in [3.8, 4) is 12.3 Å². The summed E-state index contributed by atoms with van der Waals surface area (Å²) >= 11 is 0. The smallest absolute Gasteiger partial charge is 0.326 e. The number of carbonyl (C=O) groups is 2. The molecule has 1 aliphatic rings. The van der Waals surface area contributed by atoms with Gasteiger partial charge in [-0.15, -0.1) is 6.42 Å². The van der Waals surface area contributed by atoms with Crippen LogP contribution in [0.1, 0.15) is 19.8 Å². The van der Waals surface area contributed by atoms with Crippen molar-refractivity contribution < 1.29 is 14.7 Å². The van der Waals surface area contributed by atoms with E-state index in [4.69, 9.17) is 11.5 Å². The number of hydrogen-bond donors (Lipinski definition) is 1. The molecule has 0 unspecified atom stereocenters. The highest BCUT2D eigenvalue weighted by Gasteiger charge is 2.26. The Morgan fingerprint density at radius 1 is 1.56 bits per heavy atom. The maximum absolute atomic E-state index is 11.5. The number of allylic oxidation sites excluding steroid dienone is 3. The molecule has 1 rings (SSSR count). The number of hydrogen-bond acceptors (Lipinski definition) is 2. The Labute approximate surface area is 94.2 Å². The second-order valence-electron chi connectivity index (χ2n) is 3.44. The van der Waals surface area contributed by atoms with E-state index in [1.807, 2.05) is 18.1 Å². The highest BCUT2D eigenvalue weighted by Crippen LogP contribution is 2.17. The lowest BCUT2D eigenvalue weighted by Gasteiger charge is -2.26. The molecule has 4 nitrogen and oxygen atoms in total. The molecule has 0 bridgehead atoms. The second kappa shape index (κ2) is 5.17. The molecule has 0 saturated carbocycles. The Morgan fingerprint density at radius 3 is 2.69 bits per heavy atom. The number of rotatable bonds is 3. The average Bonchev–Trinajstić information content (AvgIpc) is 2.30. The van der Waals surface area contributed by atoms with Gasteiger partial charge in [0, 0.05) is 5.70 Å². The maximum atomic E-state index is 11.5. The van der Waals surface area contributed by atoms with Crippen LogP contribution in [0.5, 0.6) is 0 Å². The number of aliphatic carboxylic acids is 1. The van der Waals surface area contributed by atoms with Gasteiger partial charge in [0.15, 0.2) is 0 Å². The summed E-state index contributed by atoms with van der Waals surface area (Å²) in [5, 5.41) is 8.91. The van der Waals surface area contributed by atoms with E-state index >= 15 is 0 Å². The largest absolute Gasteiger partial charge is 0.480 e. The van der Waals surface area contributed by atoms with E-state index in [0.29, 0.717) is 5.70 Å². The molecule has 0 aromatic carbocycles. The van der Waals surface area contributed by atoms with Crippen molar-refractivity contribution >= 4 is 11.9 Å². The molecular formula is C12H13NO3. The summed E-state index contributed by atoms with van der Waals surface area (Å²) in [7, 11) is 0. The van der Waals surface area contributed by atoms with E-state index in [1.54, 1.807) is 6.08 Å². The molecule has 0 aliphatic heterocycles. The molecule has 1 amide bonds. The first-order valence-electron chi connectivity index (χ1n) is 4.97. The van der Waals surface area contributed by atoms with Gasteiger partial charge >= 0.3 is 11.9 Å². The van der Waals surface area contributed by atoms with E-state index in [-0.39, 0.29) is 0 Å². The van der Waals surface area contributed by atoms with Gasteiger partial charge in [0.1, 0.15) is 6.04 Å². The molecule has 0 saturated heterocycles. The van der Waals surface area contributed by atoms with Crippen LogP contribution in [0, 0.1) is 12.3 Å². The van der Waals surface area contributed by atoms with Gasteiger partial charge in [-0.3, -0.25) is 9.69 Å². The van der Waals surface area contributed by atoms with Crippen LogP contribution in [0.3, 0.4) is 0 Å². The zero-order valence-electron chi connectivity index (χ0n) is 9.01. The van der Waals surface area contributed by atoms with Crippen molar-refractivity contribution in [3.63, 3.8) is 0 Å². The minimum atomic E-state index is -1.08. The van der Waals surface area contributed by atoms with Crippen LogP contribution in [0.2, 0.25) is 0 Å². The molecule has 4 heteroatoms. The van der Waals surface area contributed by atoms with Crippen LogP contribution in [0.4, 0.5) is 0 Å². The van der Waals surface area contributed by atoms with Crippen LogP contribution >= 0.6 is 0 Å². The first-order valence-corrected chi connectivity index (χ1v) is 4.97. The van der Waals surface area contributed by atoms with E-state index in [2.05, 4.69) is 0 Å². The summed E-state index contributed by atoms with van der Waals surface area (Å²) in [6.07, 6.45) is 12.1. The monoisotopic (exact) mass is 219 g/mol. The Bertz CT molecular complexity index is 401. The topological polar surface area (TPSA) is 57.6 Å². The predicted molar refractivity (Wildman–Crippen MR) is 59.2 cm³/mol. The summed E-state index contributed by atoms with van der Waals surface area (Å²) < 4.78 is 0. The molecule has 16 heavy (non-hydrogen) atoms. The number of nitrogens with zero attached hydrogens (tertiary/aromatic N) is 1. The molecule has 1 aliphatic carbocycles. The van der Waals surface area contributed by atoms with E-state index < -0.39 is 17.9 Å². The Balaban J connectivity index is 3.01. The fourth-order valence-corrected chi connectivity index (χ4v) is 1.47. The van der Waals surface area contributed by atoms with Gasteiger partial charge in [-0.1, -0.05) is 12.2 Å². The van der Waals surface area contributed by atoms with Crippen LogP contribution in [-0.2, 0) is 9.59 Å². The molecule has 0 heterocycles. The summed E-state index contributed by atoms with van der Waals surface area (Å²) in [4.78, 5) is 23.5. The Morgan fingerprint density at radius 2 is 2.25 bits per heavy atom. The zero-order chi connectivity index (χ0) is 12.1. The van der Waals surface area contributed by atoms with Gasteiger partial charge in [0.2, 0.25) is 0 Å². The molecule has 1 N–H and O–H groups in total.